The third-order valence-corrected chi connectivity index (χ3v) is 4.20. The average molecular weight is 357 g/mol. The highest BCUT2D eigenvalue weighted by Crippen LogP contribution is 2.41. The molecule has 0 saturated heterocycles. The van der Waals surface area contributed by atoms with Gasteiger partial charge in [-0.15, -0.1) is 0 Å². The van der Waals surface area contributed by atoms with Crippen LogP contribution in [0.4, 0.5) is 0 Å². The van der Waals surface area contributed by atoms with E-state index in [1.165, 1.54) is 7.05 Å². The lowest BCUT2D eigenvalue weighted by Gasteiger charge is -2.11. The van der Waals surface area contributed by atoms with Gasteiger partial charge in [0.2, 0.25) is 0 Å². The second kappa shape index (κ2) is 7.42. The molecule has 5 nitrogen and oxygen atoms in total. The van der Waals surface area contributed by atoms with Crippen LogP contribution in [0.2, 0.25) is 5.02 Å². The summed E-state index contributed by atoms with van der Waals surface area (Å²) in [4.78, 5) is 20.3. The van der Waals surface area contributed by atoms with Gasteiger partial charge >= 0.3 is 5.97 Å². The van der Waals surface area contributed by atoms with E-state index in [0.29, 0.717) is 16.5 Å². The molecule has 128 valence electrons. The molecule has 0 aliphatic heterocycles. The SMILES string of the molecule is CNOC(=O)c1[nH]cc(-c2cccc(OC)c2Cl)c1-c1ccccc1. The van der Waals surface area contributed by atoms with Crippen molar-refractivity contribution in [1.29, 1.82) is 0 Å². The van der Waals surface area contributed by atoms with Crippen LogP contribution in [0, 0.1) is 0 Å². The summed E-state index contributed by atoms with van der Waals surface area (Å²) in [5, 5.41) is 0.481. The summed E-state index contributed by atoms with van der Waals surface area (Å²) in [6.45, 7) is 0. The van der Waals surface area contributed by atoms with Crippen LogP contribution >= 0.6 is 11.6 Å². The fourth-order valence-electron chi connectivity index (χ4n) is 2.72. The maximum Gasteiger partial charge on any atom is 0.374 e. The summed E-state index contributed by atoms with van der Waals surface area (Å²) in [6.07, 6.45) is 1.75. The Balaban J connectivity index is 2.23. The van der Waals surface area contributed by atoms with Crippen LogP contribution in [0.15, 0.2) is 54.7 Å². The zero-order chi connectivity index (χ0) is 17.8. The summed E-state index contributed by atoms with van der Waals surface area (Å²) in [5.41, 5.74) is 5.90. The van der Waals surface area contributed by atoms with Gasteiger partial charge in [-0.25, -0.2) is 4.79 Å². The molecule has 0 aliphatic rings. The first kappa shape index (κ1) is 17.1. The molecule has 3 rings (SSSR count). The molecule has 0 fully saturated rings. The Morgan fingerprint density at radius 2 is 1.84 bits per heavy atom. The van der Waals surface area contributed by atoms with Crippen molar-refractivity contribution in [3.05, 3.63) is 65.4 Å². The molecule has 2 N–H and O–H groups in total. The maximum atomic E-state index is 12.3. The summed E-state index contributed by atoms with van der Waals surface area (Å²) in [7, 11) is 3.10. The predicted molar refractivity (Wildman–Crippen MR) is 97.7 cm³/mol. The van der Waals surface area contributed by atoms with Gasteiger partial charge in [-0.3, -0.25) is 0 Å². The highest BCUT2D eigenvalue weighted by molar-refractivity contribution is 6.35. The third-order valence-electron chi connectivity index (χ3n) is 3.81. The normalized spacial score (nSPS) is 10.5. The number of aromatic amines is 1. The number of rotatable bonds is 5. The second-order valence-corrected chi connectivity index (χ2v) is 5.61. The van der Waals surface area contributed by atoms with Gasteiger partial charge in [0.05, 0.1) is 12.1 Å². The number of methoxy groups -OCH3 is 1. The van der Waals surface area contributed by atoms with Crippen LogP contribution in [0.25, 0.3) is 22.3 Å². The fraction of sp³-hybridized carbons (Fsp3) is 0.105. The Morgan fingerprint density at radius 3 is 2.52 bits per heavy atom. The number of hydrogen-bond donors (Lipinski definition) is 2. The molecule has 0 spiro atoms. The van der Waals surface area contributed by atoms with Crippen molar-refractivity contribution in [2.24, 2.45) is 0 Å². The van der Waals surface area contributed by atoms with E-state index < -0.39 is 5.97 Å². The number of nitrogens with one attached hydrogen (secondary N) is 2. The quantitative estimate of drug-likeness (QED) is 0.669. The Labute approximate surface area is 150 Å². The van der Waals surface area contributed by atoms with E-state index >= 15 is 0 Å². The van der Waals surface area contributed by atoms with Crippen LogP contribution in [0.1, 0.15) is 10.5 Å². The molecular weight excluding hydrogens is 340 g/mol. The molecule has 0 saturated carbocycles. The molecule has 1 aromatic heterocycles. The van der Waals surface area contributed by atoms with Crippen LogP contribution in [-0.2, 0) is 4.84 Å². The second-order valence-electron chi connectivity index (χ2n) is 5.23. The van der Waals surface area contributed by atoms with E-state index in [2.05, 4.69) is 10.5 Å². The van der Waals surface area contributed by atoms with Gasteiger partial charge < -0.3 is 14.6 Å². The van der Waals surface area contributed by atoms with E-state index in [9.17, 15) is 4.79 Å². The van der Waals surface area contributed by atoms with Crippen molar-refractivity contribution in [2.45, 2.75) is 0 Å². The third kappa shape index (κ3) is 3.24. The van der Waals surface area contributed by atoms with Gasteiger partial charge in [0.1, 0.15) is 11.4 Å². The number of aromatic nitrogens is 1. The zero-order valence-electron chi connectivity index (χ0n) is 13.8. The molecule has 1 heterocycles. The first-order chi connectivity index (χ1) is 12.2. The van der Waals surface area contributed by atoms with Gasteiger partial charge in [-0.1, -0.05) is 54.1 Å². The summed E-state index contributed by atoms with van der Waals surface area (Å²) >= 11 is 6.49. The minimum Gasteiger partial charge on any atom is -0.495 e. The smallest absolute Gasteiger partial charge is 0.374 e. The molecule has 0 atom stereocenters. The van der Waals surface area contributed by atoms with Gasteiger partial charge in [-0.05, 0) is 11.6 Å². The minimum atomic E-state index is -0.508. The van der Waals surface area contributed by atoms with E-state index in [1.807, 2.05) is 42.5 Å². The molecule has 0 unspecified atom stereocenters. The van der Waals surface area contributed by atoms with Gasteiger partial charge in [0.15, 0.2) is 0 Å². The molecule has 0 aliphatic carbocycles. The first-order valence-corrected chi connectivity index (χ1v) is 8.02. The van der Waals surface area contributed by atoms with E-state index in [4.69, 9.17) is 21.2 Å². The monoisotopic (exact) mass is 356 g/mol. The van der Waals surface area contributed by atoms with Gasteiger partial charge in [-0.2, -0.15) is 5.48 Å². The molecule has 2 aromatic carbocycles. The summed E-state index contributed by atoms with van der Waals surface area (Å²) in [5.74, 6) is 0.0605. The van der Waals surface area contributed by atoms with Crippen molar-refractivity contribution < 1.29 is 14.4 Å². The molecule has 6 heteroatoms. The van der Waals surface area contributed by atoms with Crippen LogP contribution in [-0.4, -0.2) is 25.1 Å². The van der Waals surface area contributed by atoms with Crippen molar-refractivity contribution in [3.8, 4) is 28.0 Å². The van der Waals surface area contributed by atoms with Crippen LogP contribution in [0.5, 0.6) is 5.75 Å². The topological polar surface area (TPSA) is 63.3 Å². The highest BCUT2D eigenvalue weighted by atomic mass is 35.5. The van der Waals surface area contributed by atoms with E-state index in [-0.39, 0.29) is 0 Å². The average Bonchev–Trinajstić information content (AvgIpc) is 3.08. The lowest BCUT2D eigenvalue weighted by Crippen LogP contribution is -2.16. The minimum absolute atomic E-state index is 0.342. The number of benzene rings is 2. The number of halogens is 1. The maximum absolute atomic E-state index is 12.3. The molecule has 0 bridgehead atoms. The number of carbonyl (C=O) groups excluding carboxylic acids is 1. The number of ether oxygens (including phenoxy) is 1. The Hall–Kier alpha value is -2.76. The fourth-order valence-corrected chi connectivity index (χ4v) is 3.03. The summed E-state index contributed by atoms with van der Waals surface area (Å²) in [6, 6.07) is 15.1. The standard InChI is InChI=1S/C19H17ClN2O3/c1-21-25-19(23)18-16(12-7-4-3-5-8-12)14(11-22-18)13-9-6-10-15(24-2)17(13)20/h3-11,21-22H,1-2H3. The molecule has 0 amide bonds. The van der Waals surface area contributed by atoms with Crippen molar-refractivity contribution in [3.63, 3.8) is 0 Å². The number of carbonyl (C=O) groups is 1. The largest absolute Gasteiger partial charge is 0.495 e. The van der Waals surface area contributed by atoms with Gasteiger partial charge in [0.25, 0.3) is 0 Å². The first-order valence-electron chi connectivity index (χ1n) is 7.65. The Kier molecular flexibility index (Phi) is 5.07. The van der Waals surface area contributed by atoms with Crippen molar-refractivity contribution in [1.82, 2.24) is 10.5 Å². The highest BCUT2D eigenvalue weighted by Gasteiger charge is 2.23. The lowest BCUT2D eigenvalue weighted by atomic mass is 9.96. The zero-order valence-corrected chi connectivity index (χ0v) is 14.6. The van der Waals surface area contributed by atoms with Crippen LogP contribution < -0.4 is 10.2 Å². The van der Waals surface area contributed by atoms with Crippen LogP contribution in [0.3, 0.4) is 0 Å². The van der Waals surface area contributed by atoms with Crippen molar-refractivity contribution >= 4 is 17.6 Å². The number of hydrogen-bond acceptors (Lipinski definition) is 4. The predicted octanol–water partition coefficient (Wildman–Crippen LogP) is 4.30. The summed E-state index contributed by atoms with van der Waals surface area (Å²) < 4.78 is 5.30. The van der Waals surface area contributed by atoms with E-state index in [1.54, 1.807) is 19.4 Å². The Morgan fingerprint density at radius 1 is 1.08 bits per heavy atom. The molecular formula is C19H17ClN2O3. The van der Waals surface area contributed by atoms with E-state index in [0.717, 1.165) is 22.3 Å². The number of hydroxylamine groups is 1. The molecule has 0 radical (unpaired) electrons. The van der Waals surface area contributed by atoms with Gasteiger partial charge in [0, 0.05) is 29.9 Å². The number of H-pyrrole nitrogens is 1. The van der Waals surface area contributed by atoms with Crippen molar-refractivity contribution in [2.75, 3.05) is 14.2 Å². The Bertz CT molecular complexity index is 891. The molecule has 25 heavy (non-hydrogen) atoms. The molecule has 3 aromatic rings. The lowest BCUT2D eigenvalue weighted by molar-refractivity contribution is 0.0304.